The molecular weight excluding hydrogens is 292 g/mol. The van der Waals surface area contributed by atoms with Gasteiger partial charge in [-0.25, -0.2) is 4.98 Å². The third kappa shape index (κ3) is 3.69. The number of piperidine rings is 1. The SMILES string of the molecule is Cc1cccc(OC2CCN(Cc3nnc(C4CC4)o3)CC2)n1. The lowest BCUT2D eigenvalue weighted by Crippen LogP contribution is -2.38. The molecule has 1 saturated carbocycles. The Balaban J connectivity index is 1.26. The van der Waals surface area contributed by atoms with Crippen LogP contribution in [0.3, 0.4) is 0 Å². The topological polar surface area (TPSA) is 64.3 Å². The number of aryl methyl sites for hydroxylation is 1. The number of nitrogens with zero attached hydrogens (tertiary/aromatic N) is 4. The summed E-state index contributed by atoms with van der Waals surface area (Å²) in [6.07, 6.45) is 4.62. The van der Waals surface area contributed by atoms with Gasteiger partial charge in [-0.1, -0.05) is 6.07 Å². The van der Waals surface area contributed by atoms with E-state index in [2.05, 4.69) is 20.1 Å². The van der Waals surface area contributed by atoms with Crippen LogP contribution in [0.4, 0.5) is 0 Å². The van der Waals surface area contributed by atoms with E-state index < -0.39 is 0 Å². The van der Waals surface area contributed by atoms with Crippen LogP contribution in [0.15, 0.2) is 22.6 Å². The van der Waals surface area contributed by atoms with Crippen molar-refractivity contribution >= 4 is 0 Å². The lowest BCUT2D eigenvalue weighted by Gasteiger charge is -2.30. The summed E-state index contributed by atoms with van der Waals surface area (Å²) >= 11 is 0. The molecule has 0 bridgehead atoms. The second kappa shape index (κ2) is 6.28. The van der Waals surface area contributed by atoms with Crippen LogP contribution in [0.1, 0.15) is 49.1 Å². The summed E-state index contributed by atoms with van der Waals surface area (Å²) in [4.78, 5) is 6.76. The number of rotatable bonds is 5. The number of pyridine rings is 1. The highest BCUT2D eigenvalue weighted by Gasteiger charge is 2.30. The van der Waals surface area contributed by atoms with Crippen molar-refractivity contribution < 1.29 is 9.15 Å². The van der Waals surface area contributed by atoms with Gasteiger partial charge in [0.15, 0.2) is 0 Å². The lowest BCUT2D eigenvalue weighted by atomic mass is 10.1. The molecule has 1 saturated heterocycles. The Bertz CT molecular complexity index is 660. The second-order valence-electron chi connectivity index (χ2n) is 6.52. The van der Waals surface area contributed by atoms with Crippen molar-refractivity contribution in [3.63, 3.8) is 0 Å². The van der Waals surface area contributed by atoms with Gasteiger partial charge in [-0.15, -0.1) is 10.2 Å². The predicted octanol–water partition coefficient (Wildman–Crippen LogP) is 2.69. The van der Waals surface area contributed by atoms with E-state index in [1.54, 1.807) is 0 Å². The monoisotopic (exact) mass is 314 g/mol. The predicted molar refractivity (Wildman–Crippen MR) is 84.2 cm³/mol. The van der Waals surface area contributed by atoms with Crippen LogP contribution in [0.25, 0.3) is 0 Å². The zero-order chi connectivity index (χ0) is 15.6. The molecule has 0 atom stereocenters. The van der Waals surface area contributed by atoms with Gasteiger partial charge in [0.2, 0.25) is 17.7 Å². The van der Waals surface area contributed by atoms with Crippen LogP contribution in [0, 0.1) is 6.92 Å². The van der Waals surface area contributed by atoms with Crippen LogP contribution in [0.2, 0.25) is 0 Å². The molecule has 1 aliphatic heterocycles. The Kier molecular flexibility index (Phi) is 3.99. The maximum atomic E-state index is 5.99. The van der Waals surface area contributed by atoms with Gasteiger partial charge in [-0.2, -0.15) is 0 Å². The molecule has 4 rings (SSSR count). The molecule has 2 fully saturated rings. The normalized spacial score (nSPS) is 19.9. The van der Waals surface area contributed by atoms with Crippen LogP contribution >= 0.6 is 0 Å². The highest BCUT2D eigenvalue weighted by atomic mass is 16.5. The smallest absolute Gasteiger partial charge is 0.230 e. The molecule has 2 aromatic heterocycles. The van der Waals surface area contributed by atoms with Crippen LogP contribution in [-0.4, -0.2) is 39.3 Å². The average Bonchev–Trinajstić information content (AvgIpc) is 3.30. The van der Waals surface area contributed by atoms with E-state index in [0.29, 0.717) is 5.92 Å². The fourth-order valence-corrected chi connectivity index (χ4v) is 2.96. The van der Waals surface area contributed by atoms with Crippen molar-refractivity contribution in [1.82, 2.24) is 20.1 Å². The van der Waals surface area contributed by atoms with Crippen molar-refractivity contribution in [2.24, 2.45) is 0 Å². The minimum absolute atomic E-state index is 0.241. The number of aromatic nitrogens is 3. The Morgan fingerprint density at radius 3 is 2.74 bits per heavy atom. The summed E-state index contributed by atoms with van der Waals surface area (Å²) in [6.45, 7) is 4.69. The summed E-state index contributed by atoms with van der Waals surface area (Å²) < 4.78 is 11.7. The standard InChI is InChI=1S/C17H22N4O2/c1-12-3-2-4-15(18-12)22-14-7-9-21(10-8-14)11-16-19-20-17(23-16)13-5-6-13/h2-4,13-14H,5-11H2,1H3. The fourth-order valence-electron chi connectivity index (χ4n) is 2.96. The molecule has 6 nitrogen and oxygen atoms in total. The fraction of sp³-hybridized carbons (Fsp3) is 0.588. The van der Waals surface area contributed by atoms with Gasteiger partial charge >= 0.3 is 0 Å². The van der Waals surface area contributed by atoms with E-state index >= 15 is 0 Å². The zero-order valence-corrected chi connectivity index (χ0v) is 13.4. The van der Waals surface area contributed by atoms with E-state index in [9.17, 15) is 0 Å². The third-order valence-electron chi connectivity index (χ3n) is 4.45. The first-order chi connectivity index (χ1) is 11.3. The summed E-state index contributed by atoms with van der Waals surface area (Å²) in [5, 5.41) is 8.31. The maximum absolute atomic E-state index is 5.99. The van der Waals surface area contributed by atoms with Gasteiger partial charge < -0.3 is 9.15 Å². The number of ether oxygens (including phenoxy) is 1. The van der Waals surface area contributed by atoms with E-state index in [4.69, 9.17) is 9.15 Å². The van der Waals surface area contributed by atoms with Crippen molar-refractivity contribution in [3.8, 4) is 5.88 Å². The first-order valence-corrected chi connectivity index (χ1v) is 8.41. The van der Waals surface area contributed by atoms with Crippen molar-refractivity contribution in [2.75, 3.05) is 13.1 Å². The van der Waals surface area contributed by atoms with Gasteiger partial charge in [-0.3, -0.25) is 4.90 Å². The van der Waals surface area contributed by atoms with E-state index in [1.807, 2.05) is 25.1 Å². The van der Waals surface area contributed by atoms with Crippen LogP contribution < -0.4 is 4.74 Å². The van der Waals surface area contributed by atoms with Crippen molar-refractivity contribution in [2.45, 2.75) is 51.2 Å². The third-order valence-corrected chi connectivity index (χ3v) is 4.45. The highest BCUT2D eigenvalue weighted by Crippen LogP contribution is 2.39. The van der Waals surface area contributed by atoms with E-state index in [0.717, 1.165) is 55.8 Å². The Morgan fingerprint density at radius 2 is 2.00 bits per heavy atom. The number of likely N-dealkylation sites (tertiary alicyclic amines) is 1. The molecule has 0 N–H and O–H groups in total. The molecule has 2 aromatic rings. The van der Waals surface area contributed by atoms with Crippen LogP contribution in [0.5, 0.6) is 5.88 Å². The van der Waals surface area contributed by atoms with Crippen LogP contribution in [-0.2, 0) is 6.54 Å². The molecule has 2 aliphatic rings. The van der Waals surface area contributed by atoms with E-state index in [1.165, 1.54) is 12.8 Å². The maximum Gasteiger partial charge on any atom is 0.230 e. The highest BCUT2D eigenvalue weighted by molar-refractivity contribution is 5.15. The van der Waals surface area contributed by atoms with Gasteiger partial charge in [0.05, 0.1) is 6.54 Å². The quantitative estimate of drug-likeness (QED) is 0.845. The molecular formula is C17H22N4O2. The first-order valence-electron chi connectivity index (χ1n) is 8.41. The lowest BCUT2D eigenvalue weighted by molar-refractivity contribution is 0.0881. The summed E-state index contributed by atoms with van der Waals surface area (Å²) in [5.41, 5.74) is 0.989. The largest absolute Gasteiger partial charge is 0.474 e. The second-order valence-corrected chi connectivity index (χ2v) is 6.52. The zero-order valence-electron chi connectivity index (χ0n) is 13.4. The molecule has 0 unspecified atom stereocenters. The minimum atomic E-state index is 0.241. The summed E-state index contributed by atoms with van der Waals surface area (Å²) in [5.74, 6) is 2.82. The molecule has 3 heterocycles. The van der Waals surface area contributed by atoms with Crippen molar-refractivity contribution in [1.29, 1.82) is 0 Å². The van der Waals surface area contributed by atoms with Gasteiger partial charge in [0.1, 0.15) is 6.10 Å². The molecule has 0 amide bonds. The molecule has 122 valence electrons. The van der Waals surface area contributed by atoms with Gasteiger partial charge in [0, 0.05) is 30.8 Å². The summed E-state index contributed by atoms with van der Waals surface area (Å²) in [6, 6.07) is 5.90. The molecule has 0 aromatic carbocycles. The average molecular weight is 314 g/mol. The summed E-state index contributed by atoms with van der Waals surface area (Å²) in [7, 11) is 0. The molecule has 23 heavy (non-hydrogen) atoms. The minimum Gasteiger partial charge on any atom is -0.474 e. The van der Waals surface area contributed by atoms with E-state index in [-0.39, 0.29) is 6.10 Å². The molecule has 6 heteroatoms. The number of hydrogen-bond donors (Lipinski definition) is 0. The molecule has 0 radical (unpaired) electrons. The molecule has 0 spiro atoms. The first kappa shape index (κ1) is 14.6. The van der Waals surface area contributed by atoms with Gasteiger partial charge in [0.25, 0.3) is 0 Å². The Hall–Kier alpha value is -1.95. The molecule has 1 aliphatic carbocycles. The Labute approximate surface area is 135 Å². The number of hydrogen-bond acceptors (Lipinski definition) is 6. The Morgan fingerprint density at radius 1 is 1.17 bits per heavy atom. The van der Waals surface area contributed by atoms with Gasteiger partial charge in [-0.05, 0) is 38.7 Å². The van der Waals surface area contributed by atoms with Crippen molar-refractivity contribution in [3.05, 3.63) is 35.7 Å².